The largest absolute Gasteiger partial charge is 0.509 e. The van der Waals surface area contributed by atoms with E-state index in [4.69, 9.17) is 4.74 Å². The fourth-order valence-corrected chi connectivity index (χ4v) is 5.21. The maximum atomic E-state index is 12.6. The maximum Gasteiger partial charge on any atom is 0.256 e. The van der Waals surface area contributed by atoms with Crippen LogP contribution in [0.1, 0.15) is 37.3 Å². The summed E-state index contributed by atoms with van der Waals surface area (Å²) in [7, 11) is 0. The molecule has 6 heteroatoms. The summed E-state index contributed by atoms with van der Waals surface area (Å²) in [6.07, 6.45) is 2.10. The zero-order valence-electron chi connectivity index (χ0n) is 13.1. The van der Waals surface area contributed by atoms with Gasteiger partial charge in [-0.15, -0.1) is 0 Å². The van der Waals surface area contributed by atoms with Crippen molar-refractivity contribution in [3.63, 3.8) is 0 Å². The van der Waals surface area contributed by atoms with Crippen molar-refractivity contribution in [1.82, 2.24) is 5.32 Å². The summed E-state index contributed by atoms with van der Waals surface area (Å²) in [6, 6.07) is 3.88. The zero-order chi connectivity index (χ0) is 16.8. The molecule has 4 nitrogen and oxygen atoms in total. The molecule has 2 aliphatic heterocycles. The molecule has 0 aliphatic carbocycles. The van der Waals surface area contributed by atoms with Crippen molar-refractivity contribution >= 4 is 43.3 Å². The Balaban J connectivity index is 2.10. The van der Waals surface area contributed by atoms with E-state index in [1.807, 2.05) is 19.1 Å². The first kappa shape index (κ1) is 17.0. The van der Waals surface area contributed by atoms with E-state index < -0.39 is 5.54 Å². The molecule has 0 radical (unpaired) electrons. The number of nitrogens with one attached hydrogen (secondary N) is 1. The van der Waals surface area contributed by atoms with Gasteiger partial charge in [-0.3, -0.25) is 4.79 Å². The number of hydrogen-bond acceptors (Lipinski definition) is 3. The van der Waals surface area contributed by atoms with Gasteiger partial charge in [0.25, 0.3) is 5.91 Å². The highest BCUT2D eigenvalue weighted by molar-refractivity contribution is 9.11. The van der Waals surface area contributed by atoms with Crippen molar-refractivity contribution in [3.05, 3.63) is 38.0 Å². The number of carbonyl (C=O) groups is 1. The molecule has 1 aromatic rings. The summed E-state index contributed by atoms with van der Waals surface area (Å²) in [5, 5.41) is 13.9. The molecule has 2 heterocycles. The molecule has 2 aliphatic rings. The molecule has 1 aromatic carbocycles. The van der Waals surface area contributed by atoms with Crippen molar-refractivity contribution in [1.29, 1.82) is 0 Å². The van der Waals surface area contributed by atoms with Crippen LogP contribution in [0.2, 0.25) is 0 Å². The van der Waals surface area contributed by atoms with Gasteiger partial charge < -0.3 is 15.2 Å². The van der Waals surface area contributed by atoms with Crippen LogP contribution in [0.25, 0.3) is 5.57 Å². The van der Waals surface area contributed by atoms with Crippen LogP contribution in [-0.2, 0) is 9.53 Å². The Bertz CT molecular complexity index is 678. The van der Waals surface area contributed by atoms with Crippen LogP contribution in [0.15, 0.2) is 26.8 Å². The first-order chi connectivity index (χ1) is 10.9. The van der Waals surface area contributed by atoms with Crippen molar-refractivity contribution in [2.24, 2.45) is 0 Å². The van der Waals surface area contributed by atoms with E-state index in [1.54, 1.807) is 0 Å². The molecule has 124 valence electrons. The molecule has 2 N–H and O–H groups in total. The monoisotopic (exact) mass is 443 g/mol. The number of ether oxygens (including phenoxy) is 1. The summed E-state index contributed by atoms with van der Waals surface area (Å²) in [5.74, 6) is -0.0981. The van der Waals surface area contributed by atoms with Gasteiger partial charge in [-0.05, 0) is 31.0 Å². The Kier molecular flexibility index (Phi) is 4.60. The zero-order valence-corrected chi connectivity index (χ0v) is 16.3. The smallest absolute Gasteiger partial charge is 0.256 e. The molecule has 3 rings (SSSR count). The molecule has 1 saturated heterocycles. The van der Waals surface area contributed by atoms with Gasteiger partial charge in [-0.25, -0.2) is 0 Å². The number of carbonyl (C=O) groups excluding carboxylic acids is 1. The van der Waals surface area contributed by atoms with E-state index in [2.05, 4.69) is 44.1 Å². The number of benzene rings is 1. The summed E-state index contributed by atoms with van der Waals surface area (Å²) >= 11 is 7.04. The predicted molar refractivity (Wildman–Crippen MR) is 96.3 cm³/mol. The average Bonchev–Trinajstić information content (AvgIpc) is 2.70. The number of rotatable bonds is 2. The first-order valence-electron chi connectivity index (χ1n) is 7.72. The third-order valence-corrected chi connectivity index (χ3v) is 5.87. The van der Waals surface area contributed by atoms with Crippen molar-refractivity contribution in [3.8, 4) is 0 Å². The van der Waals surface area contributed by atoms with Gasteiger partial charge in [0, 0.05) is 34.0 Å². The van der Waals surface area contributed by atoms with Gasteiger partial charge in [0.1, 0.15) is 11.3 Å². The normalized spacial score (nSPS) is 27.7. The number of halogens is 2. The van der Waals surface area contributed by atoms with Gasteiger partial charge in [0.2, 0.25) is 0 Å². The topological polar surface area (TPSA) is 58.6 Å². The number of aliphatic hydroxyl groups is 1. The van der Waals surface area contributed by atoms with Gasteiger partial charge in [-0.2, -0.15) is 0 Å². The Morgan fingerprint density at radius 2 is 2.04 bits per heavy atom. The van der Waals surface area contributed by atoms with Gasteiger partial charge in [-0.1, -0.05) is 38.8 Å². The minimum atomic E-state index is -0.699. The summed E-state index contributed by atoms with van der Waals surface area (Å²) in [5.41, 5.74) is 1.41. The highest BCUT2D eigenvalue weighted by Crippen LogP contribution is 2.43. The molecule has 1 fully saturated rings. The Morgan fingerprint density at radius 3 is 2.65 bits per heavy atom. The van der Waals surface area contributed by atoms with E-state index in [9.17, 15) is 9.90 Å². The highest BCUT2D eigenvalue weighted by Gasteiger charge is 2.49. The second-order valence-electron chi connectivity index (χ2n) is 6.22. The lowest BCUT2D eigenvalue weighted by Crippen LogP contribution is -2.51. The lowest BCUT2D eigenvalue weighted by Gasteiger charge is -2.37. The number of aliphatic hydroxyl groups excluding tert-OH is 1. The SMILES string of the molecule is CCC1CC2(CCO1)NC(=O)C(c1c(Br)cc(C)cc1Br)=C2O. The van der Waals surface area contributed by atoms with Crippen LogP contribution in [0.5, 0.6) is 0 Å². The average molecular weight is 445 g/mol. The summed E-state index contributed by atoms with van der Waals surface area (Å²) in [6.45, 7) is 4.57. The molecule has 2 atom stereocenters. The van der Waals surface area contributed by atoms with Gasteiger partial charge in [0.05, 0.1) is 11.7 Å². The van der Waals surface area contributed by atoms with E-state index >= 15 is 0 Å². The maximum absolute atomic E-state index is 12.6. The van der Waals surface area contributed by atoms with Crippen LogP contribution < -0.4 is 5.32 Å². The van der Waals surface area contributed by atoms with Crippen molar-refractivity contribution in [2.75, 3.05) is 6.61 Å². The lowest BCUT2D eigenvalue weighted by molar-refractivity contribution is -0.117. The molecular formula is C17H19Br2NO3. The predicted octanol–water partition coefficient (Wildman–Crippen LogP) is 4.25. The van der Waals surface area contributed by atoms with Crippen LogP contribution in [0.4, 0.5) is 0 Å². The third-order valence-electron chi connectivity index (χ3n) is 4.62. The molecule has 23 heavy (non-hydrogen) atoms. The number of aryl methyl sites for hydroxylation is 1. The van der Waals surface area contributed by atoms with E-state index in [1.165, 1.54) is 0 Å². The molecule has 0 saturated carbocycles. The van der Waals surface area contributed by atoms with Crippen molar-refractivity contribution < 1.29 is 14.6 Å². The van der Waals surface area contributed by atoms with Crippen LogP contribution in [0.3, 0.4) is 0 Å². The minimum absolute atomic E-state index is 0.0513. The number of amides is 1. The Hall–Kier alpha value is -0.850. The van der Waals surface area contributed by atoms with Gasteiger partial charge in [0.15, 0.2) is 0 Å². The van der Waals surface area contributed by atoms with E-state index in [0.717, 1.165) is 20.9 Å². The molecule has 0 bridgehead atoms. The van der Waals surface area contributed by atoms with Crippen molar-refractivity contribution in [2.45, 2.75) is 44.8 Å². The second kappa shape index (κ2) is 6.22. The molecule has 2 unspecified atom stereocenters. The fourth-order valence-electron chi connectivity index (χ4n) is 3.40. The summed E-state index contributed by atoms with van der Waals surface area (Å²) < 4.78 is 7.28. The van der Waals surface area contributed by atoms with Crippen LogP contribution in [-0.4, -0.2) is 29.3 Å². The second-order valence-corrected chi connectivity index (χ2v) is 7.93. The highest BCUT2D eigenvalue weighted by atomic mass is 79.9. The minimum Gasteiger partial charge on any atom is -0.509 e. The van der Waals surface area contributed by atoms with Gasteiger partial charge >= 0.3 is 0 Å². The standard InChI is InChI=1S/C17H19Br2NO3/c1-3-10-8-17(4-5-23-10)15(21)14(16(22)20-17)13-11(18)6-9(2)7-12(13)19/h6-7,10,21H,3-5,8H2,1-2H3,(H,20,22). The molecule has 1 spiro atoms. The molecule has 1 amide bonds. The molecule has 0 aromatic heterocycles. The Labute approximate surface area is 152 Å². The first-order valence-corrected chi connectivity index (χ1v) is 9.30. The third kappa shape index (κ3) is 2.85. The van der Waals surface area contributed by atoms with Crippen LogP contribution >= 0.6 is 31.9 Å². The summed E-state index contributed by atoms with van der Waals surface area (Å²) in [4.78, 5) is 12.6. The lowest BCUT2D eigenvalue weighted by atomic mass is 9.84. The quantitative estimate of drug-likeness (QED) is 0.716. The van der Waals surface area contributed by atoms with E-state index in [-0.39, 0.29) is 17.8 Å². The van der Waals surface area contributed by atoms with E-state index in [0.29, 0.717) is 30.6 Å². The fraction of sp³-hybridized carbons (Fsp3) is 0.471. The number of hydrogen-bond donors (Lipinski definition) is 2. The Morgan fingerprint density at radius 1 is 1.39 bits per heavy atom. The molecular weight excluding hydrogens is 426 g/mol. The van der Waals surface area contributed by atoms with Crippen LogP contribution in [0, 0.1) is 6.92 Å².